The van der Waals surface area contributed by atoms with Gasteiger partial charge in [0.25, 0.3) is 0 Å². The van der Waals surface area contributed by atoms with E-state index in [9.17, 15) is 13.2 Å². The molecule has 1 aromatic carbocycles. The van der Waals surface area contributed by atoms with Crippen molar-refractivity contribution in [3.63, 3.8) is 0 Å². The zero-order valence-electron chi connectivity index (χ0n) is 15.3. The Balaban J connectivity index is 0.00000364. The summed E-state index contributed by atoms with van der Waals surface area (Å²) < 4.78 is 43.9. The number of nitrogens with zero attached hydrogens (tertiary/aromatic N) is 2. The van der Waals surface area contributed by atoms with E-state index in [1.54, 1.807) is 25.3 Å². The third kappa shape index (κ3) is 7.30. The number of halogens is 4. The van der Waals surface area contributed by atoms with E-state index < -0.39 is 11.7 Å². The SMILES string of the molecule is C=CCNC(=NC)NCC(c1ccc(C(F)(F)F)cc1)N1CCOCC1.I. The number of ether oxygens (including phenoxy) is 1. The number of aliphatic imine (C=N–C) groups is 1. The molecule has 5 nitrogen and oxygen atoms in total. The summed E-state index contributed by atoms with van der Waals surface area (Å²) in [4.78, 5) is 6.35. The molecule has 1 saturated heterocycles. The Hall–Kier alpha value is -1.33. The summed E-state index contributed by atoms with van der Waals surface area (Å²) in [5.74, 6) is 0.620. The zero-order valence-corrected chi connectivity index (χ0v) is 17.6. The molecule has 152 valence electrons. The van der Waals surface area contributed by atoms with Gasteiger partial charge >= 0.3 is 6.18 Å². The van der Waals surface area contributed by atoms with E-state index in [0.717, 1.165) is 30.8 Å². The molecule has 1 unspecified atom stereocenters. The molecule has 2 rings (SSSR count). The number of hydrogen-bond acceptors (Lipinski definition) is 3. The van der Waals surface area contributed by atoms with Crippen LogP contribution in [0.3, 0.4) is 0 Å². The maximum absolute atomic E-state index is 12.8. The molecular formula is C18H26F3IN4O. The van der Waals surface area contributed by atoms with Crippen molar-refractivity contribution in [3.8, 4) is 0 Å². The highest BCUT2D eigenvalue weighted by molar-refractivity contribution is 14.0. The third-order valence-corrected chi connectivity index (χ3v) is 4.21. The number of guanidine groups is 1. The van der Waals surface area contributed by atoms with Crippen molar-refractivity contribution in [3.05, 3.63) is 48.0 Å². The molecule has 9 heteroatoms. The molecule has 0 bridgehead atoms. The molecule has 1 fully saturated rings. The number of morpholine rings is 1. The summed E-state index contributed by atoms with van der Waals surface area (Å²) in [6, 6.07) is 5.28. The van der Waals surface area contributed by atoms with Gasteiger partial charge in [0.2, 0.25) is 0 Å². The third-order valence-electron chi connectivity index (χ3n) is 4.21. The smallest absolute Gasteiger partial charge is 0.379 e. The van der Waals surface area contributed by atoms with Gasteiger partial charge in [-0.1, -0.05) is 18.2 Å². The highest BCUT2D eigenvalue weighted by Gasteiger charge is 2.31. The summed E-state index contributed by atoms with van der Waals surface area (Å²) >= 11 is 0. The lowest BCUT2D eigenvalue weighted by molar-refractivity contribution is -0.137. The number of rotatable bonds is 6. The minimum Gasteiger partial charge on any atom is -0.379 e. The van der Waals surface area contributed by atoms with Crippen LogP contribution < -0.4 is 10.6 Å². The van der Waals surface area contributed by atoms with Crippen LogP contribution in [-0.4, -0.2) is 57.3 Å². The lowest BCUT2D eigenvalue weighted by Crippen LogP contribution is -2.46. The van der Waals surface area contributed by atoms with Gasteiger partial charge < -0.3 is 15.4 Å². The van der Waals surface area contributed by atoms with Crippen LogP contribution in [0.15, 0.2) is 41.9 Å². The lowest BCUT2D eigenvalue weighted by Gasteiger charge is -2.35. The van der Waals surface area contributed by atoms with Crippen molar-refractivity contribution in [1.82, 2.24) is 15.5 Å². The van der Waals surface area contributed by atoms with E-state index >= 15 is 0 Å². The Kier molecular flexibility index (Phi) is 10.1. The Labute approximate surface area is 175 Å². The summed E-state index contributed by atoms with van der Waals surface area (Å²) in [6.07, 6.45) is -2.61. The first-order valence-corrected chi connectivity index (χ1v) is 8.50. The van der Waals surface area contributed by atoms with Crippen LogP contribution in [-0.2, 0) is 10.9 Å². The molecule has 0 spiro atoms. The van der Waals surface area contributed by atoms with E-state index in [0.29, 0.717) is 32.3 Å². The second-order valence-electron chi connectivity index (χ2n) is 5.91. The van der Waals surface area contributed by atoms with E-state index in [1.165, 1.54) is 0 Å². The summed E-state index contributed by atoms with van der Waals surface area (Å²) in [5, 5.41) is 6.32. The fourth-order valence-corrected chi connectivity index (χ4v) is 2.82. The largest absolute Gasteiger partial charge is 0.416 e. The van der Waals surface area contributed by atoms with Gasteiger partial charge in [0.05, 0.1) is 24.8 Å². The van der Waals surface area contributed by atoms with Crippen LogP contribution >= 0.6 is 24.0 Å². The lowest BCUT2D eigenvalue weighted by atomic mass is 10.0. The van der Waals surface area contributed by atoms with Crippen molar-refractivity contribution >= 4 is 29.9 Å². The normalized spacial score (nSPS) is 17.0. The van der Waals surface area contributed by atoms with Gasteiger partial charge in [-0.15, -0.1) is 30.6 Å². The second-order valence-corrected chi connectivity index (χ2v) is 5.91. The molecule has 1 heterocycles. The second kappa shape index (κ2) is 11.5. The Bertz CT molecular complexity index is 602. The van der Waals surface area contributed by atoms with Gasteiger partial charge in [0.1, 0.15) is 0 Å². The molecule has 0 aromatic heterocycles. The molecule has 1 aliphatic heterocycles. The molecule has 0 radical (unpaired) electrons. The van der Waals surface area contributed by atoms with Crippen LogP contribution in [0.2, 0.25) is 0 Å². The topological polar surface area (TPSA) is 48.9 Å². The average Bonchev–Trinajstić information content (AvgIpc) is 2.65. The molecule has 27 heavy (non-hydrogen) atoms. The fraction of sp³-hybridized carbons (Fsp3) is 0.500. The van der Waals surface area contributed by atoms with E-state index in [4.69, 9.17) is 4.74 Å². The molecule has 1 aromatic rings. The highest BCUT2D eigenvalue weighted by Crippen LogP contribution is 2.31. The molecular weight excluding hydrogens is 472 g/mol. The predicted octanol–water partition coefficient (Wildman–Crippen LogP) is 3.05. The molecule has 1 atom stereocenters. The average molecular weight is 498 g/mol. The Morgan fingerprint density at radius 2 is 1.89 bits per heavy atom. The van der Waals surface area contributed by atoms with Crippen LogP contribution in [0.25, 0.3) is 0 Å². The number of hydrogen-bond donors (Lipinski definition) is 2. The number of nitrogens with one attached hydrogen (secondary N) is 2. The van der Waals surface area contributed by atoms with E-state index in [2.05, 4.69) is 27.1 Å². The van der Waals surface area contributed by atoms with Crippen LogP contribution in [0.4, 0.5) is 13.2 Å². The van der Waals surface area contributed by atoms with Gasteiger partial charge in [-0.25, -0.2) is 0 Å². The number of alkyl halides is 3. The Morgan fingerprint density at radius 1 is 1.26 bits per heavy atom. The monoisotopic (exact) mass is 498 g/mol. The highest BCUT2D eigenvalue weighted by atomic mass is 127. The maximum Gasteiger partial charge on any atom is 0.416 e. The van der Waals surface area contributed by atoms with Gasteiger partial charge in [0, 0.05) is 33.2 Å². The first-order valence-electron chi connectivity index (χ1n) is 8.50. The van der Waals surface area contributed by atoms with Gasteiger partial charge in [-0.2, -0.15) is 13.2 Å². The van der Waals surface area contributed by atoms with E-state index in [-0.39, 0.29) is 30.0 Å². The van der Waals surface area contributed by atoms with Crippen molar-refractivity contribution in [1.29, 1.82) is 0 Å². The van der Waals surface area contributed by atoms with Crippen LogP contribution in [0, 0.1) is 0 Å². The maximum atomic E-state index is 12.8. The minimum atomic E-state index is -4.33. The first-order chi connectivity index (χ1) is 12.5. The zero-order chi connectivity index (χ0) is 19.0. The standard InChI is InChI=1S/C18H25F3N4O.HI/c1-3-8-23-17(22-2)24-13-16(25-9-11-26-12-10-25)14-4-6-15(7-5-14)18(19,20)21;/h3-7,16H,1,8-13H2,2H3,(H2,22,23,24);1H. The van der Waals surface area contributed by atoms with Crippen molar-refractivity contribution in [2.45, 2.75) is 12.2 Å². The summed E-state index contributed by atoms with van der Waals surface area (Å²) in [5.41, 5.74) is 0.185. The first kappa shape index (κ1) is 23.7. The van der Waals surface area contributed by atoms with Crippen molar-refractivity contribution in [2.24, 2.45) is 4.99 Å². The van der Waals surface area contributed by atoms with Crippen LogP contribution in [0.5, 0.6) is 0 Å². The molecule has 0 saturated carbocycles. The van der Waals surface area contributed by atoms with Gasteiger partial charge in [0.15, 0.2) is 5.96 Å². The summed E-state index contributed by atoms with van der Waals surface area (Å²) in [7, 11) is 1.67. The van der Waals surface area contributed by atoms with Gasteiger partial charge in [-0.05, 0) is 17.7 Å². The van der Waals surface area contributed by atoms with Crippen molar-refractivity contribution < 1.29 is 17.9 Å². The fourth-order valence-electron chi connectivity index (χ4n) is 2.82. The quantitative estimate of drug-likeness (QED) is 0.274. The van der Waals surface area contributed by atoms with E-state index in [1.807, 2.05) is 0 Å². The van der Waals surface area contributed by atoms with Crippen LogP contribution in [0.1, 0.15) is 17.2 Å². The Morgan fingerprint density at radius 3 is 2.41 bits per heavy atom. The molecule has 2 N–H and O–H groups in total. The molecule has 0 amide bonds. The summed E-state index contributed by atoms with van der Waals surface area (Å²) in [6.45, 7) is 7.42. The minimum absolute atomic E-state index is 0. The van der Waals surface area contributed by atoms with Crippen molar-refractivity contribution in [2.75, 3.05) is 46.4 Å². The molecule has 1 aliphatic rings. The van der Waals surface area contributed by atoms with Gasteiger partial charge in [-0.3, -0.25) is 9.89 Å². The molecule has 0 aliphatic carbocycles. The predicted molar refractivity (Wildman–Crippen MR) is 112 cm³/mol. The number of benzene rings is 1.